The van der Waals surface area contributed by atoms with Gasteiger partial charge in [-0.3, -0.25) is 9.59 Å². The lowest BCUT2D eigenvalue weighted by molar-refractivity contribution is -0.107. The van der Waals surface area contributed by atoms with E-state index in [1.165, 1.54) is 35.9 Å². The van der Waals surface area contributed by atoms with Gasteiger partial charge in [0.1, 0.15) is 11.5 Å². The summed E-state index contributed by atoms with van der Waals surface area (Å²) in [5, 5.41) is 0.346. The van der Waals surface area contributed by atoms with E-state index in [1.54, 1.807) is 13.2 Å². The second kappa shape index (κ2) is 9.67. The number of rotatable bonds is 8. The molecule has 0 bridgehead atoms. The van der Waals surface area contributed by atoms with Crippen LogP contribution in [0.2, 0.25) is 5.02 Å². The van der Waals surface area contributed by atoms with E-state index in [1.807, 2.05) is 18.4 Å². The molecule has 0 aliphatic carbocycles. The van der Waals surface area contributed by atoms with Crippen LogP contribution in [0.4, 0.5) is 5.69 Å². The molecule has 0 saturated heterocycles. The molecule has 12 heteroatoms. The van der Waals surface area contributed by atoms with Gasteiger partial charge in [0.05, 0.1) is 42.5 Å². The molecule has 1 atom stereocenters. The van der Waals surface area contributed by atoms with Crippen molar-refractivity contribution < 1.29 is 14.3 Å². The highest BCUT2D eigenvalue weighted by molar-refractivity contribution is 7.27. The predicted octanol–water partition coefficient (Wildman–Crippen LogP) is 1.95. The number of methoxy groups -OCH3 is 2. The molecule has 10 nitrogen and oxygen atoms in total. The molecular formula is C20H24ClN6O4P. The van der Waals surface area contributed by atoms with E-state index < -0.39 is 0 Å². The quantitative estimate of drug-likeness (QED) is 0.360. The Bertz CT molecular complexity index is 1210. The van der Waals surface area contributed by atoms with Gasteiger partial charge in [-0.2, -0.15) is 4.98 Å². The minimum absolute atomic E-state index is 0.0377. The van der Waals surface area contributed by atoms with E-state index in [0.29, 0.717) is 39.8 Å². The van der Waals surface area contributed by atoms with Crippen molar-refractivity contribution in [2.24, 2.45) is 7.05 Å². The first-order valence-corrected chi connectivity index (χ1v) is 10.6. The smallest absolute Gasteiger partial charge is 0.319 e. The van der Waals surface area contributed by atoms with Crippen molar-refractivity contribution in [1.29, 1.82) is 0 Å². The zero-order valence-corrected chi connectivity index (χ0v) is 20.3. The molecule has 170 valence electrons. The number of imidazole rings is 1. The van der Waals surface area contributed by atoms with Crippen LogP contribution >= 0.6 is 20.8 Å². The molecule has 0 aliphatic heterocycles. The van der Waals surface area contributed by atoms with Crippen molar-refractivity contribution in [3.8, 4) is 23.3 Å². The maximum atomic E-state index is 12.6. The first-order valence-electron chi connectivity index (χ1n) is 9.61. The van der Waals surface area contributed by atoms with Crippen molar-refractivity contribution in [1.82, 2.24) is 24.1 Å². The van der Waals surface area contributed by atoms with Crippen LogP contribution in [0.3, 0.4) is 0 Å². The monoisotopic (exact) mass is 478 g/mol. The molecule has 1 unspecified atom stereocenters. The van der Waals surface area contributed by atoms with E-state index in [2.05, 4.69) is 24.2 Å². The summed E-state index contributed by atoms with van der Waals surface area (Å²) < 4.78 is 13.8. The summed E-state index contributed by atoms with van der Waals surface area (Å²) in [7, 11) is 7.12. The fraction of sp³-hybridized carbons (Fsp3) is 0.350. The number of carbonyl (C=O) groups is 1. The van der Waals surface area contributed by atoms with E-state index >= 15 is 0 Å². The van der Waals surface area contributed by atoms with Gasteiger partial charge in [0.15, 0.2) is 0 Å². The average Bonchev–Trinajstić information content (AvgIpc) is 3.09. The predicted molar refractivity (Wildman–Crippen MR) is 125 cm³/mol. The van der Waals surface area contributed by atoms with Crippen molar-refractivity contribution in [2.75, 3.05) is 19.1 Å². The lowest BCUT2D eigenvalue weighted by Crippen LogP contribution is -2.32. The number of hydrogen-bond acceptors (Lipinski definition) is 7. The molecule has 0 fully saturated rings. The summed E-state index contributed by atoms with van der Waals surface area (Å²) in [6.45, 7) is 4.07. The van der Waals surface area contributed by atoms with Gasteiger partial charge < -0.3 is 23.5 Å². The van der Waals surface area contributed by atoms with Crippen LogP contribution in [0, 0.1) is 0 Å². The van der Waals surface area contributed by atoms with Gasteiger partial charge in [-0.15, -0.1) is 0 Å². The topological polar surface area (TPSA) is 104 Å². The summed E-state index contributed by atoms with van der Waals surface area (Å²) in [6, 6.07) is 1.60. The SMILES string of the molecule is COc1ncc(-c2nc(P)c(CN(C=O)c3cc(Cl)cn(C)c3=O)n2C(C)C)c(OC)n1. The van der Waals surface area contributed by atoms with Crippen LogP contribution in [-0.2, 0) is 18.4 Å². The van der Waals surface area contributed by atoms with Crippen molar-refractivity contribution in [2.45, 2.75) is 26.4 Å². The molecule has 0 N–H and O–H groups in total. The molecular weight excluding hydrogens is 455 g/mol. The van der Waals surface area contributed by atoms with Gasteiger partial charge in [0.2, 0.25) is 12.3 Å². The third kappa shape index (κ3) is 4.47. The Hall–Kier alpha value is -2.97. The maximum Gasteiger partial charge on any atom is 0.319 e. The largest absolute Gasteiger partial charge is 0.480 e. The minimum Gasteiger partial charge on any atom is -0.480 e. The van der Waals surface area contributed by atoms with Gasteiger partial charge in [-0.05, 0) is 19.9 Å². The highest BCUT2D eigenvalue weighted by Gasteiger charge is 2.24. The minimum atomic E-state index is -0.340. The Morgan fingerprint density at radius 3 is 2.59 bits per heavy atom. The van der Waals surface area contributed by atoms with Crippen LogP contribution in [0.25, 0.3) is 11.4 Å². The Morgan fingerprint density at radius 2 is 2.00 bits per heavy atom. The van der Waals surface area contributed by atoms with Crippen molar-refractivity contribution in [3.05, 3.63) is 39.5 Å². The number of carbonyl (C=O) groups excluding carboxylic acids is 1. The molecule has 0 aromatic carbocycles. The zero-order valence-electron chi connectivity index (χ0n) is 18.4. The van der Waals surface area contributed by atoms with Gasteiger partial charge in [-0.1, -0.05) is 20.8 Å². The number of ether oxygens (including phenoxy) is 2. The number of aromatic nitrogens is 5. The molecule has 0 saturated carbocycles. The van der Waals surface area contributed by atoms with Crippen LogP contribution in [-0.4, -0.2) is 44.7 Å². The Kier molecular flexibility index (Phi) is 7.16. The lowest BCUT2D eigenvalue weighted by Gasteiger charge is -2.22. The third-order valence-corrected chi connectivity index (χ3v) is 5.46. The normalized spacial score (nSPS) is 11.0. The van der Waals surface area contributed by atoms with E-state index in [9.17, 15) is 9.59 Å². The number of halogens is 1. The molecule has 1 amide bonds. The first kappa shape index (κ1) is 23.7. The second-order valence-corrected chi connectivity index (χ2v) is 8.19. The number of aryl methyl sites for hydroxylation is 1. The highest BCUT2D eigenvalue weighted by Crippen LogP contribution is 2.31. The summed E-state index contributed by atoms with van der Waals surface area (Å²) in [5.41, 5.74) is 1.72. The van der Waals surface area contributed by atoms with Crippen molar-refractivity contribution >= 4 is 38.4 Å². The number of hydrogen-bond donors (Lipinski definition) is 0. The molecule has 32 heavy (non-hydrogen) atoms. The van der Waals surface area contributed by atoms with Gasteiger partial charge in [0, 0.05) is 25.5 Å². The standard InChI is InChI=1S/C20H24ClN6O4P/c1-11(2)27-15(9-26(10-28)14-6-12(21)8-25(3)19(14)29)18(32)23-16(27)13-7-22-20(31-5)24-17(13)30-4/h6-8,10-11H,9,32H2,1-5H3. The van der Waals surface area contributed by atoms with Crippen LogP contribution < -0.4 is 25.4 Å². The maximum absolute atomic E-state index is 12.6. The Morgan fingerprint density at radius 1 is 1.28 bits per heavy atom. The number of nitrogens with zero attached hydrogens (tertiary/aromatic N) is 6. The van der Waals surface area contributed by atoms with E-state index in [0.717, 1.165) is 0 Å². The molecule has 3 rings (SSSR count). The van der Waals surface area contributed by atoms with Crippen molar-refractivity contribution in [3.63, 3.8) is 0 Å². The van der Waals surface area contributed by atoms with Crippen LogP contribution in [0.5, 0.6) is 11.9 Å². The second-order valence-electron chi connectivity index (χ2n) is 7.20. The van der Waals surface area contributed by atoms with Crippen LogP contribution in [0.15, 0.2) is 23.3 Å². The number of anilines is 1. The molecule has 0 spiro atoms. The van der Waals surface area contributed by atoms with E-state index in [-0.39, 0.29) is 29.8 Å². The number of pyridine rings is 1. The van der Waals surface area contributed by atoms with Gasteiger partial charge in [-0.25, -0.2) is 9.97 Å². The van der Waals surface area contributed by atoms with Gasteiger partial charge >= 0.3 is 6.01 Å². The zero-order chi connectivity index (χ0) is 23.6. The number of amides is 1. The summed E-state index contributed by atoms with van der Waals surface area (Å²) in [5.74, 6) is 0.862. The summed E-state index contributed by atoms with van der Waals surface area (Å²) >= 11 is 6.12. The fourth-order valence-electron chi connectivity index (χ4n) is 3.35. The molecule has 3 aromatic rings. The van der Waals surface area contributed by atoms with Crippen LogP contribution in [0.1, 0.15) is 25.6 Å². The molecule has 0 radical (unpaired) electrons. The third-order valence-electron chi connectivity index (χ3n) is 4.79. The Balaban J connectivity index is 2.14. The van der Waals surface area contributed by atoms with Gasteiger partial charge in [0.25, 0.3) is 5.56 Å². The average molecular weight is 479 g/mol. The molecule has 3 aromatic heterocycles. The van der Waals surface area contributed by atoms with E-state index in [4.69, 9.17) is 21.1 Å². The first-order chi connectivity index (χ1) is 15.2. The highest BCUT2D eigenvalue weighted by atomic mass is 35.5. The molecule has 3 heterocycles. The fourth-order valence-corrected chi connectivity index (χ4v) is 3.95. The summed E-state index contributed by atoms with van der Waals surface area (Å²) in [6.07, 6.45) is 3.67. The molecule has 0 aliphatic rings. The Labute approximate surface area is 192 Å². The summed E-state index contributed by atoms with van der Waals surface area (Å²) in [4.78, 5) is 39.0. The lowest BCUT2D eigenvalue weighted by atomic mass is 10.2.